The largest absolute Gasteiger partial charge is 0.356 e. The van der Waals surface area contributed by atoms with Crippen LogP contribution in [0.1, 0.15) is 49.9 Å². The average Bonchev–Trinajstić information content (AvgIpc) is 3.21. The van der Waals surface area contributed by atoms with Crippen LogP contribution in [0.4, 0.5) is 10.9 Å². The van der Waals surface area contributed by atoms with Gasteiger partial charge in [-0.3, -0.25) is 14.9 Å². The van der Waals surface area contributed by atoms with Crippen LogP contribution in [-0.4, -0.2) is 46.1 Å². The highest BCUT2D eigenvalue weighted by molar-refractivity contribution is 7.13. The predicted molar refractivity (Wildman–Crippen MR) is 110 cm³/mol. The highest BCUT2D eigenvalue weighted by atomic mass is 32.1. The topological polar surface area (TPSA) is 100 Å². The van der Waals surface area contributed by atoms with E-state index in [1.165, 1.54) is 11.3 Å². The van der Waals surface area contributed by atoms with Crippen LogP contribution in [-0.2, 0) is 4.79 Å². The van der Waals surface area contributed by atoms with Crippen LogP contribution in [0, 0.1) is 5.92 Å². The lowest BCUT2D eigenvalue weighted by Crippen LogP contribution is -2.45. The Morgan fingerprint density at radius 1 is 1.39 bits per heavy atom. The summed E-state index contributed by atoms with van der Waals surface area (Å²) in [7, 11) is 0. The summed E-state index contributed by atoms with van der Waals surface area (Å²) in [5.74, 6) is 0.608. The Labute approximate surface area is 168 Å². The first kappa shape index (κ1) is 20.2. The molecule has 8 nitrogen and oxygen atoms in total. The molecule has 0 radical (unpaired) electrons. The molecule has 1 aliphatic heterocycles. The maximum atomic E-state index is 12.5. The molecule has 0 bridgehead atoms. The van der Waals surface area contributed by atoms with E-state index in [1.807, 2.05) is 6.07 Å². The van der Waals surface area contributed by atoms with E-state index in [0.717, 1.165) is 38.0 Å². The monoisotopic (exact) mass is 402 g/mol. The van der Waals surface area contributed by atoms with Crippen molar-refractivity contribution in [3.8, 4) is 0 Å². The van der Waals surface area contributed by atoms with Crippen LogP contribution in [0.3, 0.4) is 0 Å². The zero-order valence-electron chi connectivity index (χ0n) is 16.2. The van der Waals surface area contributed by atoms with Gasteiger partial charge in [0.25, 0.3) is 5.91 Å². The van der Waals surface area contributed by atoms with Gasteiger partial charge in [-0.05, 0) is 38.3 Å². The summed E-state index contributed by atoms with van der Waals surface area (Å²) in [6, 6.07) is 3.78. The Kier molecular flexibility index (Phi) is 6.91. The fourth-order valence-electron chi connectivity index (χ4n) is 3.37. The molecule has 2 aromatic rings. The third-order valence-corrected chi connectivity index (χ3v) is 5.42. The van der Waals surface area contributed by atoms with E-state index in [2.05, 4.69) is 44.6 Å². The van der Waals surface area contributed by atoms with Crippen LogP contribution in [0.25, 0.3) is 0 Å². The van der Waals surface area contributed by atoms with Crippen molar-refractivity contribution >= 4 is 34.1 Å². The maximum absolute atomic E-state index is 12.5. The second kappa shape index (κ2) is 9.59. The number of rotatable bonds is 7. The van der Waals surface area contributed by atoms with Crippen molar-refractivity contribution < 1.29 is 9.59 Å². The van der Waals surface area contributed by atoms with Crippen LogP contribution < -0.4 is 15.5 Å². The lowest BCUT2D eigenvalue weighted by Gasteiger charge is -2.33. The highest BCUT2D eigenvalue weighted by Crippen LogP contribution is 2.22. The van der Waals surface area contributed by atoms with Gasteiger partial charge in [0.15, 0.2) is 0 Å². The van der Waals surface area contributed by atoms with Gasteiger partial charge in [-0.15, -0.1) is 10.2 Å². The van der Waals surface area contributed by atoms with Gasteiger partial charge < -0.3 is 10.2 Å². The second-order valence-corrected chi connectivity index (χ2v) is 7.92. The van der Waals surface area contributed by atoms with Crippen molar-refractivity contribution in [1.82, 2.24) is 20.5 Å². The molecule has 2 atom stereocenters. The van der Waals surface area contributed by atoms with Gasteiger partial charge in [0.05, 0.1) is 11.5 Å². The number of hydrogen-bond donors (Lipinski definition) is 2. The maximum Gasteiger partial charge on any atom is 0.259 e. The van der Waals surface area contributed by atoms with Gasteiger partial charge in [-0.25, -0.2) is 4.98 Å². The first-order valence-corrected chi connectivity index (χ1v) is 10.5. The van der Waals surface area contributed by atoms with E-state index in [-0.39, 0.29) is 23.8 Å². The zero-order valence-corrected chi connectivity index (χ0v) is 17.0. The molecule has 3 rings (SSSR count). The quantitative estimate of drug-likeness (QED) is 0.739. The number of carbonyl (C=O) groups is 2. The van der Waals surface area contributed by atoms with Gasteiger partial charge >= 0.3 is 0 Å². The minimum absolute atomic E-state index is 0.0322. The molecule has 0 spiro atoms. The van der Waals surface area contributed by atoms with Gasteiger partial charge in [-0.2, -0.15) is 0 Å². The van der Waals surface area contributed by atoms with Crippen LogP contribution in [0.5, 0.6) is 0 Å². The fourth-order valence-corrected chi connectivity index (χ4v) is 3.81. The van der Waals surface area contributed by atoms with E-state index in [4.69, 9.17) is 0 Å². The number of nitrogens with zero attached hydrogens (tertiary/aromatic N) is 4. The van der Waals surface area contributed by atoms with E-state index in [9.17, 15) is 9.59 Å². The normalized spacial score (nSPS) is 17.8. The Balaban J connectivity index is 1.58. The van der Waals surface area contributed by atoms with Gasteiger partial charge in [0.2, 0.25) is 11.0 Å². The number of anilines is 2. The average molecular weight is 403 g/mol. The number of piperidine rings is 1. The Bertz CT molecular complexity index is 780. The molecule has 28 heavy (non-hydrogen) atoms. The Morgan fingerprint density at radius 3 is 2.93 bits per heavy atom. The van der Waals surface area contributed by atoms with E-state index in [1.54, 1.807) is 17.8 Å². The van der Waals surface area contributed by atoms with Crippen molar-refractivity contribution in [2.24, 2.45) is 5.92 Å². The summed E-state index contributed by atoms with van der Waals surface area (Å²) >= 11 is 1.26. The number of nitrogens with one attached hydrogen (secondary N) is 2. The first-order chi connectivity index (χ1) is 13.6. The number of pyridine rings is 1. The van der Waals surface area contributed by atoms with Crippen LogP contribution in [0.2, 0.25) is 0 Å². The predicted octanol–water partition coefficient (Wildman–Crippen LogP) is 2.71. The summed E-state index contributed by atoms with van der Waals surface area (Å²) < 4.78 is 0. The summed E-state index contributed by atoms with van der Waals surface area (Å²) in [4.78, 5) is 31.3. The van der Waals surface area contributed by atoms with E-state index < -0.39 is 0 Å². The fraction of sp³-hybridized carbons (Fsp3) is 0.526. The molecule has 1 aliphatic rings. The summed E-state index contributed by atoms with van der Waals surface area (Å²) in [6.45, 7) is 5.68. The van der Waals surface area contributed by atoms with Crippen LogP contribution in [0.15, 0.2) is 23.8 Å². The highest BCUT2D eigenvalue weighted by Gasteiger charge is 2.27. The smallest absolute Gasteiger partial charge is 0.259 e. The van der Waals surface area contributed by atoms with Crippen molar-refractivity contribution in [2.45, 2.75) is 45.6 Å². The summed E-state index contributed by atoms with van der Waals surface area (Å²) in [5, 5.41) is 13.8. The van der Waals surface area contributed by atoms with Crippen molar-refractivity contribution in [1.29, 1.82) is 0 Å². The number of amides is 2. The molecule has 1 fully saturated rings. The molecule has 2 aromatic heterocycles. The molecular formula is C19H26N6O2S. The van der Waals surface area contributed by atoms with Crippen LogP contribution >= 0.6 is 11.3 Å². The summed E-state index contributed by atoms with van der Waals surface area (Å²) in [5.41, 5.74) is 2.02. The minimum atomic E-state index is -0.267. The Morgan fingerprint density at radius 2 is 2.25 bits per heavy atom. The van der Waals surface area contributed by atoms with Crippen molar-refractivity contribution in [3.63, 3.8) is 0 Å². The van der Waals surface area contributed by atoms with Crippen molar-refractivity contribution in [2.75, 3.05) is 23.3 Å². The van der Waals surface area contributed by atoms with Crippen molar-refractivity contribution in [3.05, 3.63) is 29.4 Å². The molecule has 1 saturated heterocycles. The minimum Gasteiger partial charge on any atom is -0.356 e. The molecule has 2 N–H and O–H groups in total. The molecule has 0 aromatic carbocycles. The number of carbonyl (C=O) groups excluding carboxylic acids is 2. The number of aromatic nitrogens is 3. The van der Waals surface area contributed by atoms with Gasteiger partial charge in [-0.1, -0.05) is 24.7 Å². The lowest BCUT2D eigenvalue weighted by molar-refractivity contribution is -0.125. The van der Waals surface area contributed by atoms with E-state index >= 15 is 0 Å². The third-order valence-electron chi connectivity index (χ3n) is 4.82. The standard InChI is InChI=1S/C19H26N6O2S/c1-3-5-13(2)22-18(27)15-6-4-9-25(11-15)16-8-7-14(10-20-16)17(26)23-19-24-21-12-28-19/h7-8,10,12-13,15H,3-6,9,11H2,1-2H3,(H,22,27)(H,23,24,26). The second-order valence-electron chi connectivity index (χ2n) is 7.09. The molecule has 3 heterocycles. The molecule has 150 valence electrons. The van der Waals surface area contributed by atoms with Gasteiger partial charge in [0.1, 0.15) is 11.3 Å². The molecule has 2 amide bonds. The third kappa shape index (κ3) is 5.25. The Hall–Kier alpha value is -2.55. The zero-order chi connectivity index (χ0) is 19.9. The summed E-state index contributed by atoms with van der Waals surface area (Å²) in [6.07, 6.45) is 5.44. The molecular weight excluding hydrogens is 376 g/mol. The molecule has 0 saturated carbocycles. The number of hydrogen-bond acceptors (Lipinski definition) is 7. The molecule has 0 aliphatic carbocycles. The molecule has 9 heteroatoms. The van der Waals surface area contributed by atoms with Gasteiger partial charge in [0, 0.05) is 25.3 Å². The first-order valence-electron chi connectivity index (χ1n) is 9.65. The SMILES string of the molecule is CCCC(C)NC(=O)C1CCCN(c2ccc(C(=O)Nc3nncs3)cn2)C1. The lowest BCUT2D eigenvalue weighted by atomic mass is 9.96. The molecule has 2 unspecified atom stereocenters. The van der Waals surface area contributed by atoms with E-state index in [0.29, 0.717) is 17.2 Å².